The van der Waals surface area contributed by atoms with E-state index in [2.05, 4.69) is 85.6 Å². The van der Waals surface area contributed by atoms with Gasteiger partial charge in [-0.15, -0.1) is 0 Å². The Hall–Kier alpha value is -7.36. The van der Waals surface area contributed by atoms with Crippen molar-refractivity contribution in [3.05, 3.63) is 137 Å². The Morgan fingerprint density at radius 3 is 1.65 bits per heavy atom. The fraction of sp³-hybridized carbons (Fsp3) is 0.312. The van der Waals surface area contributed by atoms with Crippen LogP contribution >= 0.6 is 35.7 Å². The molecule has 3 aromatic heterocycles. The van der Waals surface area contributed by atoms with Crippen LogP contribution in [0.25, 0.3) is 58.5 Å². The second-order valence-corrected chi connectivity index (χ2v) is 22.3. The average Bonchev–Trinajstić information content (AvgIpc) is 4.37. The van der Waals surface area contributed by atoms with E-state index in [0.717, 1.165) is 147 Å². The second-order valence-electron chi connectivity index (χ2n) is 19.6. The Morgan fingerprint density at radius 2 is 1.08 bits per heavy atom. The van der Waals surface area contributed by atoms with E-state index in [1.165, 1.54) is 16.7 Å². The summed E-state index contributed by atoms with van der Waals surface area (Å²) in [6.45, 7) is 18.1. The number of imide groups is 1. The van der Waals surface area contributed by atoms with Gasteiger partial charge in [-0.2, -0.15) is 0 Å². The number of aryl methyl sites for hydroxylation is 4. The van der Waals surface area contributed by atoms with E-state index in [9.17, 15) is 14.4 Å². The molecule has 0 radical (unpaired) electrons. The zero-order valence-electron chi connectivity index (χ0n) is 45.6. The van der Waals surface area contributed by atoms with Gasteiger partial charge >= 0.3 is 0 Å². The standard InChI is InChI=1S/C64H64N6O5S3/c1-9-13-15-17-31-74-57-36-45(37-60-62(72)70(12-4)64(76)78-60)40(6)33-44(57)20-22-48-55-29-25-51(67-55)41(7)49-23-27-53(65-49)47(54-28-24-50(66-54)42(8)52-26-30-56(48)68-52)21-19-43-35-58(75-32-18-16-14-10-2)46(34-39(43)5)38-59-61(71)69(11-3)63(73)77-59/h23-30,33-38,67-68H,9-18,31-32H2,1-8H3/b49-41?,50-42?,51-41?,52-42?,53-47?,54-47?,55-48?,56-48?,59-38-,60-37-. The minimum atomic E-state index is -0.297. The number of rotatable bonds is 16. The Morgan fingerprint density at radius 1 is 0.551 bits per heavy atom. The Bertz CT molecular complexity index is 3600. The first-order chi connectivity index (χ1) is 37.8. The maximum absolute atomic E-state index is 13.2. The van der Waals surface area contributed by atoms with Gasteiger partial charge in [0, 0.05) is 35.2 Å². The molecule has 0 atom stereocenters. The number of benzene rings is 2. The van der Waals surface area contributed by atoms with Crippen molar-refractivity contribution in [2.24, 2.45) is 0 Å². The van der Waals surface area contributed by atoms with Crippen molar-refractivity contribution in [3.8, 4) is 35.2 Å². The third-order valence-electron chi connectivity index (χ3n) is 14.1. The summed E-state index contributed by atoms with van der Waals surface area (Å²) in [5, 5.41) is -0.272. The van der Waals surface area contributed by atoms with Crippen molar-refractivity contribution in [3.63, 3.8) is 0 Å². The summed E-state index contributed by atoms with van der Waals surface area (Å²) in [6, 6.07) is 16.2. The summed E-state index contributed by atoms with van der Waals surface area (Å²) in [7, 11) is 0. The van der Waals surface area contributed by atoms with Gasteiger partial charge in [0.05, 0.1) is 73.5 Å². The smallest absolute Gasteiger partial charge is 0.293 e. The fourth-order valence-electron chi connectivity index (χ4n) is 9.42. The first-order valence-electron chi connectivity index (χ1n) is 27.0. The highest BCUT2D eigenvalue weighted by Crippen LogP contribution is 2.37. The molecule has 3 amide bonds. The molecule has 0 unspecified atom stereocenters. The molecular weight excluding hydrogens is 1030 g/mol. The molecule has 4 aliphatic heterocycles. The number of thioether (sulfide) groups is 2. The van der Waals surface area contributed by atoms with Gasteiger partial charge in [-0.3, -0.25) is 24.2 Å². The summed E-state index contributed by atoms with van der Waals surface area (Å²) in [4.78, 5) is 60.6. The summed E-state index contributed by atoms with van der Waals surface area (Å²) in [5.74, 6) is 14.9. The lowest BCUT2D eigenvalue weighted by molar-refractivity contribution is -0.123. The molecule has 5 aromatic rings. The molecule has 2 aromatic carbocycles. The molecule has 0 saturated carbocycles. The van der Waals surface area contributed by atoms with Crippen molar-refractivity contribution in [2.75, 3.05) is 26.3 Å². The van der Waals surface area contributed by atoms with Crippen LogP contribution < -0.4 is 9.47 Å². The number of carbonyl (C=O) groups is 3. The molecule has 8 bridgehead atoms. The van der Waals surface area contributed by atoms with E-state index in [1.54, 1.807) is 17.9 Å². The highest BCUT2D eigenvalue weighted by Gasteiger charge is 2.34. The van der Waals surface area contributed by atoms with Gasteiger partial charge in [0.1, 0.15) is 15.8 Å². The summed E-state index contributed by atoms with van der Waals surface area (Å²) in [5.41, 5.74) is 14.7. The van der Waals surface area contributed by atoms with Crippen LogP contribution in [0.3, 0.4) is 0 Å². The Balaban J connectivity index is 1.14. The van der Waals surface area contributed by atoms with E-state index in [4.69, 9.17) is 31.7 Å². The number of carbonyl (C=O) groups excluding carboxylic acids is 3. The third-order valence-corrected chi connectivity index (χ3v) is 16.4. The van der Waals surface area contributed by atoms with E-state index >= 15 is 0 Å². The topological polar surface area (TPSA) is 134 Å². The number of ether oxygens (including phenoxy) is 2. The van der Waals surface area contributed by atoms with Gasteiger partial charge < -0.3 is 19.4 Å². The fourth-order valence-corrected chi connectivity index (χ4v) is 11.7. The SMILES string of the molecule is CCCCCCOc1cc(/C=C2\SC(=S)N(CC)C2=O)c(C)cc1C#Cc1c2ccc([nH]2)c(C)c2nc(c(C#Cc3cc(OCCCCCC)c(/C=C4\SC(=O)N(CC)C4=O)cc3C)c3nc(c(C)c4ccc1[nH]4)C=C3)C=C2. The van der Waals surface area contributed by atoms with Crippen LogP contribution in [0.1, 0.15) is 157 Å². The third kappa shape index (κ3) is 12.2. The zero-order valence-corrected chi connectivity index (χ0v) is 48.1. The lowest BCUT2D eigenvalue weighted by atomic mass is 10.0. The lowest BCUT2D eigenvalue weighted by Crippen LogP contribution is -2.27. The summed E-state index contributed by atoms with van der Waals surface area (Å²) in [6.07, 6.45) is 20.1. The van der Waals surface area contributed by atoms with Crippen molar-refractivity contribution in [1.29, 1.82) is 0 Å². The van der Waals surface area contributed by atoms with Crippen LogP contribution in [-0.4, -0.2) is 77.4 Å². The molecule has 9 rings (SSSR count). The number of fused-ring (bicyclic) bond motifs is 8. The number of aromatic amines is 2. The van der Waals surface area contributed by atoms with Crippen LogP contribution in [0, 0.1) is 51.4 Å². The average molecular weight is 1090 g/mol. The number of amides is 3. The number of H-pyrrole nitrogens is 2. The number of nitrogens with one attached hydrogen (secondary N) is 2. The number of hydrogen-bond donors (Lipinski definition) is 2. The molecule has 11 nitrogen and oxygen atoms in total. The van der Waals surface area contributed by atoms with E-state index in [0.29, 0.717) is 68.9 Å². The van der Waals surface area contributed by atoms with Crippen LogP contribution in [0.2, 0.25) is 0 Å². The molecule has 4 aliphatic rings. The number of nitrogens with zero attached hydrogens (tertiary/aromatic N) is 4. The predicted molar refractivity (Wildman–Crippen MR) is 326 cm³/mol. The first-order valence-corrected chi connectivity index (χ1v) is 29.0. The van der Waals surface area contributed by atoms with Gasteiger partial charge in [0.15, 0.2) is 0 Å². The largest absolute Gasteiger partial charge is 0.493 e. The minimum absolute atomic E-state index is 0.0802. The molecule has 78 heavy (non-hydrogen) atoms. The van der Waals surface area contributed by atoms with Crippen molar-refractivity contribution < 1.29 is 23.9 Å². The van der Waals surface area contributed by atoms with E-state index < -0.39 is 0 Å². The molecular formula is C64H64N6O5S3. The van der Waals surface area contributed by atoms with Gasteiger partial charge in [0.2, 0.25) is 0 Å². The first kappa shape index (κ1) is 55.4. The van der Waals surface area contributed by atoms with E-state index in [-0.39, 0.29) is 17.1 Å². The monoisotopic (exact) mass is 1090 g/mol. The molecule has 0 spiro atoms. The number of aromatic nitrogens is 4. The Kier molecular flexibility index (Phi) is 17.7. The van der Waals surface area contributed by atoms with E-state index in [1.807, 2.05) is 75.4 Å². The highest BCUT2D eigenvalue weighted by molar-refractivity contribution is 8.26. The second kappa shape index (κ2) is 25.0. The summed E-state index contributed by atoms with van der Waals surface area (Å²) < 4.78 is 13.5. The predicted octanol–water partition coefficient (Wildman–Crippen LogP) is 14.9. The molecule has 2 saturated heterocycles. The molecule has 7 heterocycles. The molecule has 14 heteroatoms. The molecule has 2 N–H and O–H groups in total. The van der Waals surface area contributed by atoms with Gasteiger partial charge in [-0.25, -0.2) is 9.97 Å². The number of unbranched alkanes of at least 4 members (excludes halogenated alkanes) is 6. The maximum atomic E-state index is 13.2. The van der Waals surface area contributed by atoms with Gasteiger partial charge in [0.25, 0.3) is 17.1 Å². The maximum Gasteiger partial charge on any atom is 0.293 e. The highest BCUT2D eigenvalue weighted by atomic mass is 32.2. The quantitative estimate of drug-likeness (QED) is 0.0417. The van der Waals surface area contributed by atoms with Crippen LogP contribution in [0.15, 0.2) is 58.3 Å². The molecule has 2 fully saturated rings. The van der Waals surface area contributed by atoms with Crippen LogP contribution in [0.4, 0.5) is 4.79 Å². The summed E-state index contributed by atoms with van der Waals surface area (Å²) >= 11 is 7.80. The molecule has 398 valence electrons. The Labute approximate surface area is 471 Å². The van der Waals surface area contributed by atoms with Gasteiger partial charge in [-0.1, -0.05) is 100 Å². The molecule has 0 aliphatic carbocycles. The van der Waals surface area contributed by atoms with Crippen molar-refractivity contribution in [2.45, 2.75) is 107 Å². The number of hydrogen-bond acceptors (Lipinski definition) is 10. The van der Waals surface area contributed by atoms with Crippen LogP contribution in [0.5, 0.6) is 11.5 Å². The minimum Gasteiger partial charge on any atom is -0.493 e. The van der Waals surface area contributed by atoms with Gasteiger partial charge in [-0.05, 0) is 179 Å². The zero-order chi connectivity index (χ0) is 55.0. The van der Waals surface area contributed by atoms with Crippen LogP contribution in [-0.2, 0) is 9.59 Å². The number of thiocarbonyl (C=S) groups is 1. The lowest BCUT2D eigenvalue weighted by Gasteiger charge is -2.12. The normalized spacial score (nSPS) is 15.0. The van der Waals surface area contributed by atoms with Crippen molar-refractivity contribution >= 4 is 116 Å². The number of likely N-dealkylation sites (N-methyl/N-ethyl adjacent to an activating group) is 2. The van der Waals surface area contributed by atoms with Crippen molar-refractivity contribution in [1.82, 2.24) is 29.7 Å².